The Labute approximate surface area is 469 Å². The maximum Gasteiger partial charge on any atom is 0.305 e. The largest absolute Gasteiger partial charge is 0.466 e. The van der Waals surface area contributed by atoms with E-state index in [4.69, 9.17) is 4.74 Å². The molecule has 0 bridgehead atoms. The van der Waals surface area contributed by atoms with Gasteiger partial charge in [0, 0.05) is 12.8 Å². The number of esters is 1. The second kappa shape index (κ2) is 64.9. The van der Waals surface area contributed by atoms with Crippen molar-refractivity contribution >= 4 is 11.9 Å². The first-order valence-electron chi connectivity index (χ1n) is 34.1. The normalized spacial score (nSPS) is 12.6. The Morgan fingerprint density at radius 1 is 0.373 bits per heavy atom. The SMILES string of the molecule is CCCCCC/C=C\C/C=C\CCCCCCCCCC(=O)OCCCCCCCCCCCCCCCCCCCCCCCCC(=O)NC(CO)C(O)CCCCCCCCCCCCCCCCCCCC. The molecule has 0 aromatic rings. The van der Waals surface area contributed by atoms with Gasteiger partial charge in [0.1, 0.15) is 0 Å². The second-order valence-electron chi connectivity index (χ2n) is 23.5. The lowest BCUT2D eigenvalue weighted by molar-refractivity contribution is -0.143. The maximum atomic E-state index is 12.5. The number of unbranched alkanes of at least 4 members (excludes halogenated alkanes) is 49. The standard InChI is InChI=1S/C69H133NO5/c1-3-5-7-9-11-13-15-17-19-21-29-33-37-41-45-49-53-57-61-67(72)66(65-71)70-68(73)62-58-54-50-46-42-38-34-30-27-25-23-24-26-28-32-36-40-44-48-52-56-60-64-75-69(74)63-59-55-51-47-43-39-35-31-22-20-18-16-14-12-10-8-6-4-2/h14,16,20,22,66-67,71-72H,3-13,15,17-19,21,23-65H2,1-2H3,(H,70,73)/b16-14-,22-20-. The second-order valence-corrected chi connectivity index (χ2v) is 23.5. The summed E-state index contributed by atoms with van der Waals surface area (Å²) in [6.45, 7) is 4.97. The highest BCUT2D eigenvalue weighted by molar-refractivity contribution is 5.76. The maximum absolute atomic E-state index is 12.5. The van der Waals surface area contributed by atoms with Crippen molar-refractivity contribution in [3.8, 4) is 0 Å². The highest BCUT2D eigenvalue weighted by Crippen LogP contribution is 2.19. The molecule has 0 saturated heterocycles. The molecule has 2 unspecified atom stereocenters. The number of carbonyl (C=O) groups is 2. The summed E-state index contributed by atoms with van der Waals surface area (Å²) in [6.07, 6.45) is 80.6. The number of amides is 1. The number of aliphatic hydroxyl groups excluding tert-OH is 2. The minimum absolute atomic E-state index is 0.00679. The van der Waals surface area contributed by atoms with Crippen molar-refractivity contribution in [1.82, 2.24) is 5.32 Å². The summed E-state index contributed by atoms with van der Waals surface area (Å²) in [5.41, 5.74) is 0. The molecule has 0 saturated carbocycles. The third-order valence-corrected chi connectivity index (χ3v) is 16.0. The minimum atomic E-state index is -0.665. The van der Waals surface area contributed by atoms with E-state index < -0.39 is 12.1 Å². The lowest BCUT2D eigenvalue weighted by Gasteiger charge is -2.22. The molecule has 75 heavy (non-hydrogen) atoms. The molecular weight excluding hydrogens is 923 g/mol. The monoisotopic (exact) mass is 1060 g/mol. The third-order valence-electron chi connectivity index (χ3n) is 16.0. The van der Waals surface area contributed by atoms with Gasteiger partial charge in [-0.25, -0.2) is 0 Å². The number of allylic oxidation sites excluding steroid dienone is 4. The van der Waals surface area contributed by atoms with Gasteiger partial charge in [-0.2, -0.15) is 0 Å². The molecule has 0 aromatic heterocycles. The zero-order valence-electron chi connectivity index (χ0n) is 50.8. The average Bonchev–Trinajstić information content (AvgIpc) is 3.41. The Kier molecular flexibility index (Phi) is 63.4. The highest BCUT2D eigenvalue weighted by atomic mass is 16.5. The molecule has 444 valence electrons. The number of aliphatic hydroxyl groups is 2. The van der Waals surface area contributed by atoms with Crippen molar-refractivity contribution in [3.63, 3.8) is 0 Å². The summed E-state index contributed by atoms with van der Waals surface area (Å²) in [5, 5.41) is 23.4. The van der Waals surface area contributed by atoms with Crippen molar-refractivity contribution in [1.29, 1.82) is 0 Å². The number of carbonyl (C=O) groups excluding carboxylic acids is 2. The first kappa shape index (κ1) is 73.3. The van der Waals surface area contributed by atoms with Crippen molar-refractivity contribution in [3.05, 3.63) is 24.3 Å². The van der Waals surface area contributed by atoms with E-state index in [-0.39, 0.29) is 18.5 Å². The summed E-state index contributed by atoms with van der Waals surface area (Å²) < 4.78 is 5.50. The molecule has 6 heteroatoms. The Morgan fingerprint density at radius 3 is 1.03 bits per heavy atom. The Bertz CT molecular complexity index is 1170. The van der Waals surface area contributed by atoms with Gasteiger partial charge in [0.05, 0.1) is 25.4 Å². The minimum Gasteiger partial charge on any atom is -0.466 e. The molecule has 0 aliphatic carbocycles. The van der Waals surface area contributed by atoms with E-state index in [1.807, 2.05) is 0 Å². The van der Waals surface area contributed by atoms with Gasteiger partial charge in [0.2, 0.25) is 5.91 Å². The van der Waals surface area contributed by atoms with Gasteiger partial charge in [-0.3, -0.25) is 9.59 Å². The van der Waals surface area contributed by atoms with Gasteiger partial charge >= 0.3 is 5.97 Å². The third kappa shape index (κ3) is 61.4. The molecule has 0 aliphatic rings. The van der Waals surface area contributed by atoms with Gasteiger partial charge in [-0.15, -0.1) is 0 Å². The summed E-state index contributed by atoms with van der Waals surface area (Å²) in [4.78, 5) is 24.6. The predicted octanol–water partition coefficient (Wildman–Crippen LogP) is 21.8. The van der Waals surface area contributed by atoms with Crippen molar-refractivity contribution in [2.75, 3.05) is 13.2 Å². The Hall–Kier alpha value is -1.66. The van der Waals surface area contributed by atoms with E-state index in [0.29, 0.717) is 25.9 Å². The Morgan fingerprint density at radius 2 is 0.667 bits per heavy atom. The van der Waals surface area contributed by atoms with Crippen LogP contribution >= 0.6 is 0 Å². The van der Waals surface area contributed by atoms with Gasteiger partial charge in [0.25, 0.3) is 0 Å². The van der Waals surface area contributed by atoms with Crippen LogP contribution in [0.4, 0.5) is 0 Å². The molecule has 0 spiro atoms. The lowest BCUT2D eigenvalue weighted by atomic mass is 10.0. The Balaban J connectivity index is 3.37. The van der Waals surface area contributed by atoms with Crippen LogP contribution in [-0.2, 0) is 14.3 Å². The molecule has 0 aliphatic heterocycles. The molecule has 0 fully saturated rings. The average molecular weight is 1060 g/mol. The molecule has 6 nitrogen and oxygen atoms in total. The zero-order valence-corrected chi connectivity index (χ0v) is 50.8. The van der Waals surface area contributed by atoms with Crippen molar-refractivity contribution in [2.24, 2.45) is 0 Å². The molecule has 0 heterocycles. The first-order valence-corrected chi connectivity index (χ1v) is 34.1. The molecule has 2 atom stereocenters. The van der Waals surface area contributed by atoms with E-state index in [2.05, 4.69) is 43.5 Å². The van der Waals surface area contributed by atoms with Crippen LogP contribution in [0.1, 0.15) is 380 Å². The lowest BCUT2D eigenvalue weighted by Crippen LogP contribution is -2.45. The number of rotatable bonds is 64. The fraction of sp³-hybridized carbons (Fsp3) is 0.913. The molecule has 0 radical (unpaired) electrons. The van der Waals surface area contributed by atoms with Gasteiger partial charge < -0.3 is 20.3 Å². The fourth-order valence-corrected chi connectivity index (χ4v) is 10.8. The molecule has 0 rings (SSSR count). The smallest absolute Gasteiger partial charge is 0.305 e. The fourth-order valence-electron chi connectivity index (χ4n) is 10.8. The van der Waals surface area contributed by atoms with E-state index in [1.54, 1.807) is 0 Å². The van der Waals surface area contributed by atoms with Crippen LogP contribution < -0.4 is 5.32 Å². The number of hydrogen-bond donors (Lipinski definition) is 3. The van der Waals surface area contributed by atoms with Crippen LogP contribution in [0, 0.1) is 0 Å². The molecule has 0 aromatic carbocycles. The van der Waals surface area contributed by atoms with E-state index in [1.165, 1.54) is 295 Å². The van der Waals surface area contributed by atoms with Crippen LogP contribution in [0.2, 0.25) is 0 Å². The molecule has 1 amide bonds. The number of nitrogens with one attached hydrogen (secondary N) is 1. The summed E-state index contributed by atoms with van der Waals surface area (Å²) in [7, 11) is 0. The quantitative estimate of drug-likeness (QED) is 0.0320. The summed E-state index contributed by atoms with van der Waals surface area (Å²) in [5.74, 6) is -0.0249. The zero-order chi connectivity index (χ0) is 54.3. The highest BCUT2D eigenvalue weighted by Gasteiger charge is 2.20. The summed E-state index contributed by atoms with van der Waals surface area (Å²) >= 11 is 0. The van der Waals surface area contributed by atoms with Gasteiger partial charge in [-0.05, 0) is 57.8 Å². The molecular formula is C69H133NO5. The van der Waals surface area contributed by atoms with E-state index in [9.17, 15) is 19.8 Å². The predicted molar refractivity (Wildman–Crippen MR) is 329 cm³/mol. The molecule has 3 N–H and O–H groups in total. The van der Waals surface area contributed by atoms with E-state index in [0.717, 1.165) is 51.4 Å². The van der Waals surface area contributed by atoms with Crippen molar-refractivity contribution < 1.29 is 24.5 Å². The van der Waals surface area contributed by atoms with Gasteiger partial charge in [0.15, 0.2) is 0 Å². The van der Waals surface area contributed by atoms with Crippen LogP contribution in [0.5, 0.6) is 0 Å². The first-order chi connectivity index (χ1) is 37.0. The van der Waals surface area contributed by atoms with Gasteiger partial charge in [-0.1, -0.05) is 334 Å². The van der Waals surface area contributed by atoms with Crippen LogP contribution in [0.3, 0.4) is 0 Å². The van der Waals surface area contributed by atoms with E-state index >= 15 is 0 Å². The van der Waals surface area contributed by atoms with Crippen LogP contribution in [0.15, 0.2) is 24.3 Å². The van der Waals surface area contributed by atoms with Crippen molar-refractivity contribution in [2.45, 2.75) is 392 Å². The van der Waals surface area contributed by atoms with Crippen LogP contribution in [0.25, 0.3) is 0 Å². The summed E-state index contributed by atoms with van der Waals surface area (Å²) in [6, 6.07) is -0.542. The topological polar surface area (TPSA) is 95.9 Å². The number of hydrogen-bond acceptors (Lipinski definition) is 5. The number of ether oxygens (including phenoxy) is 1. The van der Waals surface area contributed by atoms with Crippen LogP contribution in [-0.4, -0.2) is 47.4 Å².